The van der Waals surface area contributed by atoms with E-state index in [2.05, 4.69) is 18.3 Å². The molecule has 0 radical (unpaired) electrons. The molecule has 1 N–H and O–H groups in total. The average molecular weight is 181 g/mol. The molecule has 0 bridgehead atoms. The smallest absolute Gasteiger partial charge is 0.246 e. The lowest BCUT2D eigenvalue weighted by molar-refractivity contribution is -0.117. The van der Waals surface area contributed by atoms with Crippen LogP contribution in [0.2, 0.25) is 0 Å². The molecule has 2 nitrogen and oxygen atoms in total. The Morgan fingerprint density at radius 2 is 2.15 bits per heavy atom. The van der Waals surface area contributed by atoms with Crippen molar-refractivity contribution in [2.24, 2.45) is 11.8 Å². The molecule has 1 aliphatic carbocycles. The second-order valence-corrected chi connectivity index (χ2v) is 3.98. The van der Waals surface area contributed by atoms with Gasteiger partial charge in [-0.3, -0.25) is 4.79 Å². The van der Waals surface area contributed by atoms with E-state index in [0.717, 1.165) is 11.5 Å². The first-order chi connectivity index (χ1) is 6.15. The molecular formula is C11H19NO. The topological polar surface area (TPSA) is 29.1 Å². The molecule has 0 aromatic carbocycles. The molecule has 74 valence electrons. The Bertz CT molecular complexity index is 216. The van der Waals surface area contributed by atoms with Gasteiger partial charge < -0.3 is 5.32 Å². The van der Waals surface area contributed by atoms with Crippen LogP contribution < -0.4 is 5.32 Å². The highest BCUT2D eigenvalue weighted by Crippen LogP contribution is 2.34. The van der Waals surface area contributed by atoms with Crippen molar-refractivity contribution in [3.05, 3.63) is 11.6 Å². The molecule has 1 aliphatic rings. The minimum absolute atomic E-state index is 0.0474. The van der Waals surface area contributed by atoms with Crippen molar-refractivity contribution >= 4 is 5.91 Å². The lowest BCUT2D eigenvalue weighted by atomic mass is 9.76. The molecule has 0 saturated heterocycles. The van der Waals surface area contributed by atoms with Crippen molar-refractivity contribution in [1.82, 2.24) is 5.32 Å². The van der Waals surface area contributed by atoms with Crippen LogP contribution in [0.25, 0.3) is 0 Å². The van der Waals surface area contributed by atoms with E-state index < -0.39 is 0 Å². The van der Waals surface area contributed by atoms with Gasteiger partial charge in [-0.25, -0.2) is 0 Å². The third-order valence-electron chi connectivity index (χ3n) is 2.99. The van der Waals surface area contributed by atoms with Crippen molar-refractivity contribution in [2.75, 3.05) is 7.05 Å². The first kappa shape index (κ1) is 10.3. The van der Waals surface area contributed by atoms with Crippen molar-refractivity contribution in [3.8, 4) is 0 Å². The summed E-state index contributed by atoms with van der Waals surface area (Å²) in [6.45, 7) is 4.09. The van der Waals surface area contributed by atoms with Gasteiger partial charge in [-0.15, -0.1) is 0 Å². The maximum Gasteiger partial charge on any atom is 0.246 e. The Balaban J connectivity index is 2.47. The highest BCUT2D eigenvalue weighted by molar-refractivity contribution is 5.92. The van der Waals surface area contributed by atoms with Crippen molar-refractivity contribution in [2.45, 2.75) is 33.1 Å². The monoisotopic (exact) mass is 181 g/mol. The number of hydrogen-bond acceptors (Lipinski definition) is 1. The van der Waals surface area contributed by atoms with Crippen LogP contribution in [0.5, 0.6) is 0 Å². The summed E-state index contributed by atoms with van der Waals surface area (Å²) in [4.78, 5) is 11.2. The van der Waals surface area contributed by atoms with Gasteiger partial charge in [0.2, 0.25) is 5.91 Å². The lowest BCUT2D eigenvalue weighted by Crippen LogP contribution is -2.22. The number of hydrogen-bond donors (Lipinski definition) is 1. The second-order valence-electron chi connectivity index (χ2n) is 3.98. The van der Waals surface area contributed by atoms with Crippen LogP contribution in [0.4, 0.5) is 0 Å². The molecule has 0 aromatic rings. The Labute approximate surface area is 80.4 Å². The van der Waals surface area contributed by atoms with E-state index in [1.807, 2.05) is 6.92 Å². The molecule has 0 heterocycles. The lowest BCUT2D eigenvalue weighted by Gasteiger charge is -2.29. The number of likely N-dealkylation sites (N-methyl/N-ethyl adjacent to an activating group) is 1. The van der Waals surface area contributed by atoms with E-state index in [1.54, 1.807) is 7.05 Å². The van der Waals surface area contributed by atoms with E-state index in [-0.39, 0.29) is 5.91 Å². The van der Waals surface area contributed by atoms with Crippen molar-refractivity contribution < 1.29 is 4.79 Å². The fourth-order valence-corrected chi connectivity index (χ4v) is 1.77. The summed E-state index contributed by atoms with van der Waals surface area (Å²) in [6.07, 6.45) is 6.13. The highest BCUT2D eigenvalue weighted by Gasteiger charge is 2.22. The van der Waals surface area contributed by atoms with Gasteiger partial charge in [-0.2, -0.15) is 0 Å². The number of carbonyl (C=O) groups excluding carboxylic acids is 1. The van der Waals surface area contributed by atoms with Crippen LogP contribution in [0.3, 0.4) is 0 Å². The van der Waals surface area contributed by atoms with Crippen LogP contribution in [0, 0.1) is 11.8 Å². The highest BCUT2D eigenvalue weighted by atomic mass is 16.1. The van der Waals surface area contributed by atoms with Crippen LogP contribution in [-0.2, 0) is 4.79 Å². The molecule has 0 aliphatic heterocycles. The standard InChI is InChI=1S/C11H19NO/c1-8(10-5-4-6-10)7-9(2)11(13)12-3/h7-8,10H,4-6H2,1-3H3,(H,12,13)/b9-7+. The summed E-state index contributed by atoms with van der Waals surface area (Å²) in [5.41, 5.74) is 0.849. The number of amides is 1. The van der Waals surface area contributed by atoms with Gasteiger partial charge in [0.1, 0.15) is 0 Å². The zero-order chi connectivity index (χ0) is 9.84. The van der Waals surface area contributed by atoms with Gasteiger partial charge in [-0.1, -0.05) is 19.4 Å². The van der Waals surface area contributed by atoms with Gasteiger partial charge in [0.25, 0.3) is 0 Å². The molecule has 1 atom stereocenters. The number of carbonyl (C=O) groups is 1. The predicted molar refractivity (Wildman–Crippen MR) is 54.3 cm³/mol. The second kappa shape index (κ2) is 4.45. The average Bonchev–Trinajstić information content (AvgIpc) is 1.99. The Morgan fingerprint density at radius 3 is 2.54 bits per heavy atom. The van der Waals surface area contributed by atoms with Gasteiger partial charge in [0.15, 0.2) is 0 Å². The summed E-state index contributed by atoms with van der Waals surface area (Å²) in [7, 11) is 1.67. The Morgan fingerprint density at radius 1 is 1.54 bits per heavy atom. The predicted octanol–water partition coefficient (Wildman–Crippen LogP) is 2.11. The van der Waals surface area contributed by atoms with Gasteiger partial charge in [0.05, 0.1) is 0 Å². The fourth-order valence-electron chi connectivity index (χ4n) is 1.77. The van der Waals surface area contributed by atoms with E-state index in [1.165, 1.54) is 19.3 Å². The fraction of sp³-hybridized carbons (Fsp3) is 0.727. The summed E-state index contributed by atoms with van der Waals surface area (Å²) in [5, 5.41) is 2.64. The third kappa shape index (κ3) is 2.58. The number of rotatable bonds is 3. The summed E-state index contributed by atoms with van der Waals surface area (Å²) in [5.74, 6) is 1.43. The van der Waals surface area contributed by atoms with Crippen LogP contribution in [-0.4, -0.2) is 13.0 Å². The molecule has 1 unspecified atom stereocenters. The summed E-state index contributed by atoms with van der Waals surface area (Å²) in [6, 6.07) is 0. The van der Waals surface area contributed by atoms with Crippen LogP contribution in [0.15, 0.2) is 11.6 Å². The SMILES string of the molecule is CNC(=O)/C(C)=C/C(C)C1CCC1. The van der Waals surface area contributed by atoms with Gasteiger partial charge in [0, 0.05) is 12.6 Å². The zero-order valence-electron chi connectivity index (χ0n) is 8.76. The van der Waals surface area contributed by atoms with Crippen molar-refractivity contribution in [3.63, 3.8) is 0 Å². The molecule has 13 heavy (non-hydrogen) atoms. The van der Waals surface area contributed by atoms with Crippen molar-refractivity contribution in [1.29, 1.82) is 0 Å². The molecule has 0 spiro atoms. The molecule has 1 amide bonds. The Kier molecular flexibility index (Phi) is 3.52. The molecule has 1 saturated carbocycles. The van der Waals surface area contributed by atoms with Gasteiger partial charge in [-0.05, 0) is 31.6 Å². The van der Waals surface area contributed by atoms with Gasteiger partial charge >= 0.3 is 0 Å². The van der Waals surface area contributed by atoms with E-state index in [0.29, 0.717) is 5.92 Å². The molecular weight excluding hydrogens is 162 g/mol. The largest absolute Gasteiger partial charge is 0.355 e. The normalized spacial score (nSPS) is 20.7. The maximum atomic E-state index is 11.2. The first-order valence-corrected chi connectivity index (χ1v) is 5.05. The summed E-state index contributed by atoms with van der Waals surface area (Å²) < 4.78 is 0. The number of nitrogens with one attached hydrogen (secondary N) is 1. The quantitative estimate of drug-likeness (QED) is 0.664. The van der Waals surface area contributed by atoms with E-state index in [9.17, 15) is 4.79 Å². The molecule has 0 aromatic heterocycles. The van der Waals surface area contributed by atoms with Crippen LogP contribution >= 0.6 is 0 Å². The third-order valence-corrected chi connectivity index (χ3v) is 2.99. The molecule has 2 heteroatoms. The Hall–Kier alpha value is -0.790. The molecule has 1 fully saturated rings. The van der Waals surface area contributed by atoms with E-state index in [4.69, 9.17) is 0 Å². The molecule has 1 rings (SSSR count). The minimum Gasteiger partial charge on any atom is -0.355 e. The van der Waals surface area contributed by atoms with Crippen LogP contribution in [0.1, 0.15) is 33.1 Å². The number of allylic oxidation sites excluding steroid dienone is 1. The maximum absolute atomic E-state index is 11.2. The first-order valence-electron chi connectivity index (χ1n) is 5.05. The van der Waals surface area contributed by atoms with E-state index >= 15 is 0 Å². The summed E-state index contributed by atoms with van der Waals surface area (Å²) >= 11 is 0. The zero-order valence-corrected chi connectivity index (χ0v) is 8.76. The minimum atomic E-state index is 0.0474.